The zero-order valence-corrected chi connectivity index (χ0v) is 11.2. The molecule has 0 fully saturated rings. The first-order valence-corrected chi connectivity index (χ1v) is 6.21. The summed E-state index contributed by atoms with van der Waals surface area (Å²) in [7, 11) is 0. The lowest BCUT2D eigenvalue weighted by molar-refractivity contribution is 0.168. The van der Waals surface area contributed by atoms with Crippen LogP contribution < -0.4 is 10.6 Å². The molecule has 7 heteroatoms. The average Bonchev–Trinajstić information content (AvgIpc) is 2.45. The van der Waals surface area contributed by atoms with E-state index in [9.17, 15) is 13.6 Å². The highest BCUT2D eigenvalue weighted by molar-refractivity contribution is 5.83. The second kappa shape index (κ2) is 6.65. The number of benzene rings is 1. The van der Waals surface area contributed by atoms with E-state index in [1.807, 2.05) is 0 Å². The molecule has 2 aromatic rings. The lowest BCUT2D eigenvalue weighted by atomic mass is 10.2. The van der Waals surface area contributed by atoms with Crippen molar-refractivity contribution in [1.82, 2.24) is 4.98 Å². The molecule has 0 bridgehead atoms. The molecular formula is C14H13F2N3O2. The van der Waals surface area contributed by atoms with Gasteiger partial charge >= 0.3 is 6.09 Å². The predicted octanol–water partition coefficient (Wildman–Crippen LogP) is 3.67. The summed E-state index contributed by atoms with van der Waals surface area (Å²) in [5.74, 6) is -1.14. The molecule has 2 N–H and O–H groups in total. The molecule has 0 atom stereocenters. The van der Waals surface area contributed by atoms with Gasteiger partial charge in [-0.2, -0.15) is 0 Å². The summed E-state index contributed by atoms with van der Waals surface area (Å²) >= 11 is 0. The lowest BCUT2D eigenvalue weighted by Crippen LogP contribution is -2.14. The molecule has 1 heterocycles. The highest BCUT2D eigenvalue weighted by atomic mass is 19.1. The molecule has 0 spiro atoms. The van der Waals surface area contributed by atoms with Gasteiger partial charge in [-0.3, -0.25) is 5.32 Å². The highest BCUT2D eigenvalue weighted by Gasteiger charge is 2.09. The Hall–Kier alpha value is -2.70. The zero-order valence-electron chi connectivity index (χ0n) is 11.2. The summed E-state index contributed by atoms with van der Waals surface area (Å²) in [6.07, 6.45) is 0.721. The fourth-order valence-electron chi connectivity index (χ4n) is 1.58. The van der Waals surface area contributed by atoms with Gasteiger partial charge in [0.05, 0.1) is 18.5 Å². The van der Waals surface area contributed by atoms with Crippen LogP contribution in [0.2, 0.25) is 0 Å². The maximum absolute atomic E-state index is 13.5. The van der Waals surface area contributed by atoms with Gasteiger partial charge in [-0.1, -0.05) is 6.07 Å². The Kier molecular flexibility index (Phi) is 4.65. The average molecular weight is 293 g/mol. The van der Waals surface area contributed by atoms with Crippen LogP contribution in [0.4, 0.5) is 30.8 Å². The van der Waals surface area contributed by atoms with E-state index in [-0.39, 0.29) is 18.1 Å². The van der Waals surface area contributed by atoms with E-state index in [2.05, 4.69) is 15.6 Å². The number of para-hydroxylation sites is 1. The SMILES string of the molecule is CCOC(=O)Nc1ccc(Nc2c(F)cccc2F)cn1. The van der Waals surface area contributed by atoms with Crippen LogP contribution in [0.3, 0.4) is 0 Å². The Balaban J connectivity index is 2.07. The first kappa shape index (κ1) is 14.7. The van der Waals surface area contributed by atoms with Crippen LogP contribution >= 0.6 is 0 Å². The van der Waals surface area contributed by atoms with Crippen molar-refractivity contribution >= 4 is 23.3 Å². The fraction of sp³-hybridized carbons (Fsp3) is 0.143. The summed E-state index contributed by atoms with van der Waals surface area (Å²) in [6, 6.07) is 6.59. The van der Waals surface area contributed by atoms with E-state index in [0.29, 0.717) is 5.69 Å². The minimum atomic E-state index is -0.705. The van der Waals surface area contributed by atoms with Gasteiger partial charge in [0.1, 0.15) is 23.1 Å². The molecule has 0 radical (unpaired) electrons. The number of aromatic nitrogens is 1. The number of nitrogens with zero attached hydrogens (tertiary/aromatic N) is 1. The van der Waals surface area contributed by atoms with Gasteiger partial charge < -0.3 is 10.1 Å². The first-order valence-electron chi connectivity index (χ1n) is 6.21. The van der Waals surface area contributed by atoms with E-state index in [1.54, 1.807) is 6.92 Å². The Labute approximate surface area is 120 Å². The molecule has 5 nitrogen and oxygen atoms in total. The monoisotopic (exact) mass is 293 g/mol. The van der Waals surface area contributed by atoms with E-state index in [1.165, 1.54) is 24.4 Å². The van der Waals surface area contributed by atoms with Gasteiger partial charge in [-0.15, -0.1) is 0 Å². The van der Waals surface area contributed by atoms with Gasteiger partial charge in [-0.05, 0) is 31.2 Å². The maximum Gasteiger partial charge on any atom is 0.412 e. The zero-order chi connectivity index (χ0) is 15.2. The van der Waals surface area contributed by atoms with Gasteiger partial charge in [0.25, 0.3) is 0 Å². The second-order valence-corrected chi connectivity index (χ2v) is 4.00. The second-order valence-electron chi connectivity index (χ2n) is 4.00. The molecule has 0 aliphatic rings. The van der Waals surface area contributed by atoms with E-state index in [0.717, 1.165) is 12.1 Å². The van der Waals surface area contributed by atoms with Crippen molar-refractivity contribution in [3.05, 3.63) is 48.2 Å². The van der Waals surface area contributed by atoms with Crippen molar-refractivity contribution < 1.29 is 18.3 Å². The van der Waals surface area contributed by atoms with E-state index >= 15 is 0 Å². The minimum absolute atomic E-state index is 0.248. The quantitative estimate of drug-likeness (QED) is 0.902. The first-order chi connectivity index (χ1) is 10.1. The lowest BCUT2D eigenvalue weighted by Gasteiger charge is -2.09. The van der Waals surface area contributed by atoms with Crippen LogP contribution in [0, 0.1) is 11.6 Å². The van der Waals surface area contributed by atoms with Crippen molar-refractivity contribution in [1.29, 1.82) is 0 Å². The summed E-state index contributed by atoms with van der Waals surface area (Å²) in [5, 5.41) is 5.00. The van der Waals surface area contributed by atoms with Crippen molar-refractivity contribution in [2.75, 3.05) is 17.2 Å². The third-order valence-electron chi connectivity index (χ3n) is 2.50. The van der Waals surface area contributed by atoms with Crippen molar-refractivity contribution in [2.45, 2.75) is 6.92 Å². The van der Waals surface area contributed by atoms with Crippen LogP contribution in [0.5, 0.6) is 0 Å². The molecule has 0 aliphatic carbocycles. The number of halogens is 2. The minimum Gasteiger partial charge on any atom is -0.450 e. The van der Waals surface area contributed by atoms with Crippen molar-refractivity contribution in [3.8, 4) is 0 Å². The van der Waals surface area contributed by atoms with Crippen LogP contribution in [0.25, 0.3) is 0 Å². The van der Waals surface area contributed by atoms with Gasteiger partial charge in [0, 0.05) is 0 Å². The Morgan fingerprint density at radius 3 is 2.52 bits per heavy atom. The highest BCUT2D eigenvalue weighted by Crippen LogP contribution is 2.23. The number of carbonyl (C=O) groups excluding carboxylic acids is 1. The number of anilines is 3. The Morgan fingerprint density at radius 1 is 1.24 bits per heavy atom. The topological polar surface area (TPSA) is 63.2 Å². The van der Waals surface area contributed by atoms with E-state index in [4.69, 9.17) is 4.74 Å². The number of rotatable bonds is 4. The van der Waals surface area contributed by atoms with E-state index < -0.39 is 17.7 Å². The standard InChI is InChI=1S/C14H13F2N3O2/c1-2-21-14(20)19-12-7-6-9(8-17-12)18-13-10(15)4-3-5-11(13)16/h3-8,18H,2H2,1H3,(H,17,19,20). The number of amides is 1. The smallest absolute Gasteiger partial charge is 0.412 e. The number of pyridine rings is 1. The summed E-state index contributed by atoms with van der Waals surface area (Å²) in [6.45, 7) is 1.93. The summed E-state index contributed by atoms with van der Waals surface area (Å²) in [5.41, 5.74) is 0.124. The summed E-state index contributed by atoms with van der Waals surface area (Å²) in [4.78, 5) is 15.1. The predicted molar refractivity (Wildman–Crippen MR) is 74.5 cm³/mol. The molecule has 0 aliphatic heterocycles. The number of hydrogen-bond donors (Lipinski definition) is 2. The van der Waals surface area contributed by atoms with Crippen molar-refractivity contribution in [2.24, 2.45) is 0 Å². The molecule has 2 rings (SSSR count). The molecule has 21 heavy (non-hydrogen) atoms. The number of carbonyl (C=O) groups is 1. The van der Waals surface area contributed by atoms with Gasteiger partial charge in [0.15, 0.2) is 0 Å². The fourth-order valence-corrected chi connectivity index (χ4v) is 1.58. The van der Waals surface area contributed by atoms with Crippen LogP contribution in [0.1, 0.15) is 6.92 Å². The third kappa shape index (κ3) is 3.88. The molecule has 110 valence electrons. The maximum atomic E-state index is 13.5. The van der Waals surface area contributed by atoms with Gasteiger partial charge in [0.2, 0.25) is 0 Å². The molecule has 1 amide bonds. The normalized spacial score (nSPS) is 10.0. The van der Waals surface area contributed by atoms with Crippen LogP contribution in [-0.2, 0) is 4.74 Å². The molecular weight excluding hydrogens is 280 g/mol. The number of ether oxygens (including phenoxy) is 1. The largest absolute Gasteiger partial charge is 0.450 e. The molecule has 1 aromatic heterocycles. The van der Waals surface area contributed by atoms with Crippen LogP contribution in [-0.4, -0.2) is 17.7 Å². The van der Waals surface area contributed by atoms with Crippen molar-refractivity contribution in [3.63, 3.8) is 0 Å². The molecule has 0 unspecified atom stereocenters. The number of nitrogens with one attached hydrogen (secondary N) is 2. The Morgan fingerprint density at radius 2 is 1.95 bits per heavy atom. The Bertz CT molecular complexity index is 612. The molecule has 1 aromatic carbocycles. The molecule has 0 saturated heterocycles. The third-order valence-corrected chi connectivity index (χ3v) is 2.50. The van der Waals surface area contributed by atoms with Gasteiger partial charge in [-0.25, -0.2) is 18.6 Å². The summed E-state index contributed by atoms with van der Waals surface area (Å²) < 4.78 is 31.6. The number of hydrogen-bond acceptors (Lipinski definition) is 4. The van der Waals surface area contributed by atoms with Crippen LogP contribution in [0.15, 0.2) is 36.5 Å². The molecule has 0 saturated carbocycles.